The number of hydrogen-bond donors (Lipinski definition) is 6. The number of benzene rings is 2. The lowest BCUT2D eigenvalue weighted by atomic mass is 9.96. The van der Waals surface area contributed by atoms with Gasteiger partial charge in [-0.2, -0.15) is 0 Å². The Hall–Kier alpha value is -4.29. The van der Waals surface area contributed by atoms with E-state index in [0.29, 0.717) is 11.1 Å². The number of nitrogens with one attached hydrogen (secondary N) is 3. The summed E-state index contributed by atoms with van der Waals surface area (Å²) >= 11 is 0. The molecule has 3 rings (SSSR count). The molecule has 0 bridgehead atoms. The summed E-state index contributed by atoms with van der Waals surface area (Å²) in [6.45, 7) is 3.29. The molecule has 8 N–H and O–H groups in total. The highest BCUT2D eigenvalue weighted by atomic mass is 16.3. The van der Waals surface area contributed by atoms with Crippen LogP contribution in [0.4, 0.5) is 0 Å². The van der Waals surface area contributed by atoms with E-state index < -0.39 is 60.2 Å². The van der Waals surface area contributed by atoms with E-state index in [1.807, 2.05) is 13.8 Å². The number of hydrogen-bond acceptors (Lipinski definition) is 8. The van der Waals surface area contributed by atoms with Gasteiger partial charge in [-0.3, -0.25) is 28.9 Å². The van der Waals surface area contributed by atoms with Gasteiger partial charge in [0, 0.05) is 13.0 Å². The molecule has 1 fully saturated rings. The van der Waals surface area contributed by atoms with E-state index in [0.717, 1.165) is 4.90 Å². The van der Waals surface area contributed by atoms with Gasteiger partial charge in [-0.15, -0.1) is 0 Å². The highest BCUT2D eigenvalue weighted by Crippen LogP contribution is 2.19. The first-order valence-electron chi connectivity index (χ1n) is 14.0. The molecule has 2 aromatic carbocycles. The van der Waals surface area contributed by atoms with Crippen LogP contribution >= 0.6 is 0 Å². The lowest BCUT2D eigenvalue weighted by Gasteiger charge is -2.35. The van der Waals surface area contributed by atoms with Gasteiger partial charge in [-0.1, -0.05) is 56.3 Å². The number of imide groups is 1. The first-order chi connectivity index (χ1) is 20.0. The van der Waals surface area contributed by atoms with Crippen LogP contribution in [0, 0.1) is 5.92 Å². The van der Waals surface area contributed by atoms with E-state index in [1.165, 1.54) is 12.1 Å². The Morgan fingerprint density at radius 1 is 0.976 bits per heavy atom. The topological polar surface area (TPSA) is 197 Å². The van der Waals surface area contributed by atoms with E-state index >= 15 is 0 Å². The van der Waals surface area contributed by atoms with E-state index in [2.05, 4.69) is 16.0 Å². The number of amides is 5. The SMILES string of the molecule is CC(C)C[C@H]1C(=O)NCC[C@@H](N)C(=O)NCC(=O)N[C@@H](Cc2ccccc2)C(=O)N1C(=O)[C@@H](N)Cc1ccc(O)cc1. The second-order valence-electron chi connectivity index (χ2n) is 10.9. The fraction of sp³-hybridized carbons (Fsp3) is 0.433. The van der Waals surface area contributed by atoms with Gasteiger partial charge in [0.05, 0.1) is 18.6 Å². The van der Waals surface area contributed by atoms with Crippen LogP contribution in [0.2, 0.25) is 0 Å². The Morgan fingerprint density at radius 2 is 1.64 bits per heavy atom. The summed E-state index contributed by atoms with van der Waals surface area (Å²) in [5.74, 6) is -3.46. The van der Waals surface area contributed by atoms with Gasteiger partial charge in [0.15, 0.2) is 0 Å². The molecule has 226 valence electrons. The molecule has 1 heterocycles. The molecule has 0 aromatic heterocycles. The average molecular weight is 581 g/mol. The van der Waals surface area contributed by atoms with Crippen molar-refractivity contribution in [2.24, 2.45) is 17.4 Å². The van der Waals surface area contributed by atoms with Crippen molar-refractivity contribution in [3.8, 4) is 5.75 Å². The number of phenols is 1. The fourth-order valence-electron chi connectivity index (χ4n) is 4.71. The standard InChI is InChI=1S/C30H40N6O6/c1-18(2)14-25-28(40)33-13-12-22(31)27(39)34-17-26(38)35-24(16-19-6-4-3-5-7-19)30(42)36(25)29(41)23(32)15-20-8-10-21(37)11-9-20/h3-11,18,22-25,37H,12-17,31-32H2,1-2H3,(H,33,40)(H,34,39)(H,35,38)/t22-,23+,24+,25+/m1/s1. The zero-order chi connectivity index (χ0) is 30.8. The van der Waals surface area contributed by atoms with Crippen molar-refractivity contribution < 1.29 is 29.1 Å². The van der Waals surface area contributed by atoms with Crippen LogP contribution < -0.4 is 27.4 Å². The Labute approximate surface area is 245 Å². The van der Waals surface area contributed by atoms with Gasteiger partial charge < -0.3 is 32.5 Å². The number of nitrogens with zero attached hydrogens (tertiary/aromatic N) is 1. The van der Waals surface area contributed by atoms with Crippen molar-refractivity contribution in [1.82, 2.24) is 20.9 Å². The summed E-state index contributed by atoms with van der Waals surface area (Å²) < 4.78 is 0. The molecule has 4 atom stereocenters. The quantitative estimate of drug-likeness (QED) is 0.257. The van der Waals surface area contributed by atoms with Crippen LogP contribution in [-0.2, 0) is 36.8 Å². The van der Waals surface area contributed by atoms with E-state index in [4.69, 9.17) is 11.5 Å². The van der Waals surface area contributed by atoms with Crippen molar-refractivity contribution in [2.45, 2.75) is 63.7 Å². The molecule has 0 saturated carbocycles. The first kappa shape index (κ1) is 32.2. The molecular formula is C30H40N6O6. The highest BCUT2D eigenvalue weighted by molar-refractivity contribution is 6.05. The third-order valence-corrected chi connectivity index (χ3v) is 6.92. The van der Waals surface area contributed by atoms with Crippen LogP contribution in [-0.4, -0.2) is 76.8 Å². The molecule has 0 radical (unpaired) electrons. The number of aromatic hydroxyl groups is 1. The van der Waals surface area contributed by atoms with E-state index in [9.17, 15) is 29.1 Å². The molecule has 12 heteroatoms. The molecule has 1 aliphatic heterocycles. The molecular weight excluding hydrogens is 540 g/mol. The highest BCUT2D eigenvalue weighted by Gasteiger charge is 2.41. The molecule has 0 unspecified atom stereocenters. The minimum atomic E-state index is -1.25. The number of nitrogens with two attached hydrogens (primary N) is 2. The van der Waals surface area contributed by atoms with Crippen molar-refractivity contribution >= 4 is 29.5 Å². The minimum Gasteiger partial charge on any atom is -0.508 e. The fourth-order valence-corrected chi connectivity index (χ4v) is 4.71. The zero-order valence-electron chi connectivity index (χ0n) is 23.9. The van der Waals surface area contributed by atoms with Crippen molar-refractivity contribution in [2.75, 3.05) is 13.1 Å². The maximum atomic E-state index is 14.3. The average Bonchev–Trinajstić information content (AvgIpc) is 2.95. The van der Waals surface area contributed by atoms with Gasteiger partial charge in [-0.05, 0) is 48.4 Å². The number of phenolic OH excluding ortho intramolecular Hbond substituents is 1. The van der Waals surface area contributed by atoms with Gasteiger partial charge in [-0.25, -0.2) is 0 Å². The third-order valence-electron chi connectivity index (χ3n) is 6.92. The zero-order valence-corrected chi connectivity index (χ0v) is 23.9. The van der Waals surface area contributed by atoms with Crippen LogP contribution in [0.25, 0.3) is 0 Å². The summed E-state index contributed by atoms with van der Waals surface area (Å²) in [5.41, 5.74) is 13.6. The maximum absolute atomic E-state index is 14.3. The molecule has 12 nitrogen and oxygen atoms in total. The third kappa shape index (κ3) is 9.11. The monoisotopic (exact) mass is 580 g/mol. The summed E-state index contributed by atoms with van der Waals surface area (Å²) in [4.78, 5) is 68.0. The first-order valence-corrected chi connectivity index (χ1v) is 14.0. The van der Waals surface area contributed by atoms with Gasteiger partial charge in [0.1, 0.15) is 17.8 Å². The summed E-state index contributed by atoms with van der Waals surface area (Å²) in [5, 5.41) is 17.4. The van der Waals surface area contributed by atoms with Crippen LogP contribution in [0.5, 0.6) is 5.75 Å². The molecule has 0 spiro atoms. The Bertz CT molecular complexity index is 1250. The molecule has 0 aliphatic carbocycles. The summed E-state index contributed by atoms with van der Waals surface area (Å²) in [7, 11) is 0. The predicted molar refractivity (Wildman–Crippen MR) is 156 cm³/mol. The minimum absolute atomic E-state index is 0.0113. The van der Waals surface area contributed by atoms with Crippen molar-refractivity contribution in [3.05, 3.63) is 65.7 Å². The number of carbonyl (C=O) groups excluding carboxylic acids is 5. The lowest BCUT2D eigenvalue weighted by Crippen LogP contribution is -2.62. The predicted octanol–water partition coefficient (Wildman–Crippen LogP) is -0.277. The molecule has 1 saturated heterocycles. The summed E-state index contributed by atoms with van der Waals surface area (Å²) in [6, 6.07) is 10.4. The maximum Gasteiger partial charge on any atom is 0.252 e. The number of carbonyl (C=O) groups is 5. The molecule has 1 aliphatic rings. The molecule has 42 heavy (non-hydrogen) atoms. The van der Waals surface area contributed by atoms with E-state index in [1.54, 1.807) is 42.5 Å². The normalized spacial score (nSPS) is 21.6. The van der Waals surface area contributed by atoms with Gasteiger partial charge >= 0.3 is 0 Å². The van der Waals surface area contributed by atoms with Crippen LogP contribution in [0.1, 0.15) is 37.8 Å². The largest absolute Gasteiger partial charge is 0.508 e. The second kappa shape index (κ2) is 15.1. The van der Waals surface area contributed by atoms with Crippen molar-refractivity contribution in [3.63, 3.8) is 0 Å². The smallest absolute Gasteiger partial charge is 0.252 e. The van der Waals surface area contributed by atoms with Crippen LogP contribution in [0.15, 0.2) is 54.6 Å². The van der Waals surface area contributed by atoms with E-state index in [-0.39, 0.29) is 43.9 Å². The Balaban J connectivity index is 2.05. The number of rotatable bonds is 7. The van der Waals surface area contributed by atoms with Crippen LogP contribution in [0.3, 0.4) is 0 Å². The second-order valence-corrected chi connectivity index (χ2v) is 10.9. The molecule has 5 amide bonds. The molecule has 2 aromatic rings. The lowest BCUT2D eigenvalue weighted by molar-refractivity contribution is -0.155. The Morgan fingerprint density at radius 3 is 2.29 bits per heavy atom. The van der Waals surface area contributed by atoms with Gasteiger partial charge in [0.25, 0.3) is 5.91 Å². The van der Waals surface area contributed by atoms with Gasteiger partial charge in [0.2, 0.25) is 23.6 Å². The van der Waals surface area contributed by atoms with Crippen molar-refractivity contribution in [1.29, 1.82) is 0 Å². The Kier molecular flexibility index (Phi) is 11.6. The summed E-state index contributed by atoms with van der Waals surface area (Å²) in [6.07, 6.45) is 0.266.